The number of hydrogen-bond acceptors (Lipinski definition) is 5. The molecule has 0 radical (unpaired) electrons. The quantitative estimate of drug-likeness (QED) is 0.515. The van der Waals surface area contributed by atoms with Crippen LogP contribution in [0.15, 0.2) is 52.3 Å². The van der Waals surface area contributed by atoms with E-state index in [1.165, 1.54) is 12.1 Å². The number of rotatable bonds is 6. The molecule has 1 aliphatic rings. The van der Waals surface area contributed by atoms with Crippen molar-refractivity contribution >= 4 is 17.7 Å². The summed E-state index contributed by atoms with van der Waals surface area (Å²) in [6.07, 6.45) is 6.19. The van der Waals surface area contributed by atoms with Crippen LogP contribution in [0.25, 0.3) is 11.3 Å². The number of thioether (sulfide) groups is 1. The molecule has 1 amide bonds. The molecule has 1 aromatic carbocycles. The molecule has 0 atom stereocenters. The van der Waals surface area contributed by atoms with Gasteiger partial charge in [-0.3, -0.25) is 4.79 Å². The van der Waals surface area contributed by atoms with Crippen LogP contribution in [-0.2, 0) is 13.6 Å². The molecular formula is C20H19F3N4O2S. The lowest BCUT2D eigenvalue weighted by atomic mass is 9.91. The molecule has 1 aliphatic carbocycles. The van der Waals surface area contributed by atoms with Crippen LogP contribution in [0.3, 0.4) is 0 Å². The minimum absolute atomic E-state index is 0.104. The zero-order valence-electron chi connectivity index (χ0n) is 16.1. The molecular weight excluding hydrogens is 417 g/mol. The van der Waals surface area contributed by atoms with Crippen LogP contribution in [0.4, 0.5) is 13.2 Å². The minimum Gasteiger partial charge on any atom is -0.359 e. The van der Waals surface area contributed by atoms with Crippen LogP contribution in [0, 0.1) is 0 Å². The number of aromatic nitrogens is 3. The summed E-state index contributed by atoms with van der Waals surface area (Å²) in [6, 6.07) is 7.77. The SMILES string of the molecule is Cn1cnc(C(=O)N(Cc2cc(-c3ccc(SC(F)(F)F)cc3)no2)C2CCC2)c1. The average molecular weight is 436 g/mol. The van der Waals surface area contributed by atoms with Gasteiger partial charge in [-0.05, 0) is 43.2 Å². The summed E-state index contributed by atoms with van der Waals surface area (Å²) < 4.78 is 44.6. The number of amides is 1. The maximum atomic E-state index is 12.9. The fourth-order valence-electron chi connectivity index (χ4n) is 3.25. The Kier molecular flexibility index (Phi) is 5.59. The number of hydrogen-bond donors (Lipinski definition) is 0. The Hall–Kier alpha value is -2.75. The highest BCUT2D eigenvalue weighted by molar-refractivity contribution is 8.00. The number of nitrogens with zero attached hydrogens (tertiary/aromatic N) is 4. The summed E-state index contributed by atoms with van der Waals surface area (Å²) in [7, 11) is 1.80. The van der Waals surface area contributed by atoms with E-state index in [9.17, 15) is 18.0 Å². The van der Waals surface area contributed by atoms with Crippen molar-refractivity contribution in [2.45, 2.75) is 42.3 Å². The summed E-state index contributed by atoms with van der Waals surface area (Å²) in [5.41, 5.74) is -2.80. The third-order valence-electron chi connectivity index (χ3n) is 4.97. The molecule has 2 aromatic heterocycles. The summed E-state index contributed by atoms with van der Waals surface area (Å²) >= 11 is -0.162. The number of alkyl halides is 3. The van der Waals surface area contributed by atoms with E-state index in [4.69, 9.17) is 4.52 Å². The van der Waals surface area contributed by atoms with Crippen LogP contribution in [0.1, 0.15) is 35.5 Å². The Morgan fingerprint density at radius 1 is 1.30 bits per heavy atom. The standard InChI is InChI=1S/C20H19F3N4O2S/c1-26-11-18(24-12-26)19(28)27(14-3-2-4-14)10-15-9-17(25-29-15)13-5-7-16(8-6-13)30-20(21,22)23/h5-9,11-12,14H,2-4,10H2,1H3. The van der Waals surface area contributed by atoms with Gasteiger partial charge in [-0.25, -0.2) is 4.98 Å². The molecule has 0 saturated heterocycles. The van der Waals surface area contributed by atoms with E-state index in [0.717, 1.165) is 19.3 Å². The summed E-state index contributed by atoms with van der Waals surface area (Å²) in [5, 5.41) is 4.02. The van der Waals surface area contributed by atoms with Gasteiger partial charge < -0.3 is 14.0 Å². The number of aryl methyl sites for hydroxylation is 1. The molecule has 0 unspecified atom stereocenters. The number of halogens is 3. The molecule has 0 spiro atoms. The Labute approximate surface area is 175 Å². The molecule has 158 valence electrons. The lowest BCUT2D eigenvalue weighted by Crippen LogP contribution is -2.43. The minimum atomic E-state index is -4.33. The van der Waals surface area contributed by atoms with Gasteiger partial charge in [-0.1, -0.05) is 17.3 Å². The first-order chi connectivity index (χ1) is 14.3. The van der Waals surface area contributed by atoms with E-state index in [1.54, 1.807) is 47.2 Å². The van der Waals surface area contributed by atoms with E-state index in [2.05, 4.69) is 10.1 Å². The second-order valence-electron chi connectivity index (χ2n) is 7.19. The number of imidazole rings is 1. The van der Waals surface area contributed by atoms with E-state index in [1.807, 2.05) is 0 Å². The molecule has 6 nitrogen and oxygen atoms in total. The second kappa shape index (κ2) is 8.17. The van der Waals surface area contributed by atoms with E-state index in [-0.39, 0.29) is 35.2 Å². The molecule has 3 aromatic rings. The number of carbonyl (C=O) groups is 1. The fourth-order valence-corrected chi connectivity index (χ4v) is 3.79. The van der Waals surface area contributed by atoms with Crippen molar-refractivity contribution in [3.05, 3.63) is 54.3 Å². The molecule has 1 fully saturated rings. The third-order valence-corrected chi connectivity index (χ3v) is 5.71. The number of carbonyl (C=O) groups excluding carboxylic acids is 1. The molecule has 0 aliphatic heterocycles. The van der Waals surface area contributed by atoms with Gasteiger partial charge in [0, 0.05) is 35.8 Å². The van der Waals surface area contributed by atoms with Crippen molar-refractivity contribution in [1.29, 1.82) is 0 Å². The van der Waals surface area contributed by atoms with Crippen LogP contribution < -0.4 is 0 Å². The Morgan fingerprint density at radius 3 is 2.60 bits per heavy atom. The van der Waals surface area contributed by atoms with Gasteiger partial charge in [0.05, 0.1) is 12.9 Å². The van der Waals surface area contributed by atoms with Gasteiger partial charge in [0.1, 0.15) is 11.4 Å². The van der Waals surface area contributed by atoms with Crippen molar-refractivity contribution in [3.63, 3.8) is 0 Å². The van der Waals surface area contributed by atoms with Gasteiger partial charge in [-0.2, -0.15) is 13.2 Å². The monoisotopic (exact) mass is 436 g/mol. The number of benzene rings is 1. The normalized spacial score (nSPS) is 14.5. The maximum Gasteiger partial charge on any atom is 0.446 e. The van der Waals surface area contributed by atoms with E-state index in [0.29, 0.717) is 22.7 Å². The lowest BCUT2D eigenvalue weighted by Gasteiger charge is -2.36. The van der Waals surface area contributed by atoms with Crippen LogP contribution >= 0.6 is 11.8 Å². The van der Waals surface area contributed by atoms with Crippen LogP contribution in [0.2, 0.25) is 0 Å². The highest BCUT2D eigenvalue weighted by Crippen LogP contribution is 2.37. The third kappa shape index (κ3) is 4.69. The summed E-state index contributed by atoms with van der Waals surface area (Å²) in [4.78, 5) is 18.9. The first kappa shape index (κ1) is 20.5. The first-order valence-electron chi connectivity index (χ1n) is 9.39. The van der Waals surface area contributed by atoms with Gasteiger partial charge in [0.15, 0.2) is 5.76 Å². The Bertz CT molecular complexity index is 1030. The predicted octanol–water partition coefficient (Wildman–Crippen LogP) is 4.88. The Balaban J connectivity index is 1.49. The fraction of sp³-hybridized carbons (Fsp3) is 0.350. The van der Waals surface area contributed by atoms with Gasteiger partial charge in [0.25, 0.3) is 5.91 Å². The highest BCUT2D eigenvalue weighted by Gasteiger charge is 2.32. The molecule has 0 bridgehead atoms. The van der Waals surface area contributed by atoms with Crippen molar-refractivity contribution in [2.24, 2.45) is 7.05 Å². The molecule has 30 heavy (non-hydrogen) atoms. The maximum absolute atomic E-state index is 12.9. The molecule has 2 heterocycles. The molecule has 4 rings (SSSR count). The van der Waals surface area contributed by atoms with Crippen molar-refractivity contribution in [2.75, 3.05) is 0 Å². The van der Waals surface area contributed by atoms with E-state index >= 15 is 0 Å². The zero-order chi connectivity index (χ0) is 21.3. The van der Waals surface area contributed by atoms with Crippen molar-refractivity contribution < 1.29 is 22.5 Å². The average Bonchev–Trinajstić information content (AvgIpc) is 3.27. The van der Waals surface area contributed by atoms with Crippen molar-refractivity contribution in [1.82, 2.24) is 19.6 Å². The predicted molar refractivity (Wildman–Crippen MR) is 105 cm³/mol. The van der Waals surface area contributed by atoms with Gasteiger partial charge >= 0.3 is 5.51 Å². The first-order valence-corrected chi connectivity index (χ1v) is 10.2. The molecule has 10 heteroatoms. The van der Waals surface area contributed by atoms with Crippen LogP contribution in [-0.4, -0.2) is 37.1 Å². The summed E-state index contributed by atoms with van der Waals surface area (Å²) in [6.45, 7) is 0.259. The molecule has 1 saturated carbocycles. The van der Waals surface area contributed by atoms with Crippen LogP contribution in [0.5, 0.6) is 0 Å². The second-order valence-corrected chi connectivity index (χ2v) is 8.33. The Morgan fingerprint density at radius 2 is 2.03 bits per heavy atom. The van der Waals surface area contributed by atoms with E-state index < -0.39 is 5.51 Å². The largest absolute Gasteiger partial charge is 0.446 e. The van der Waals surface area contributed by atoms with Gasteiger partial charge in [-0.15, -0.1) is 0 Å². The smallest absolute Gasteiger partial charge is 0.359 e. The van der Waals surface area contributed by atoms with Gasteiger partial charge in [0.2, 0.25) is 0 Å². The zero-order valence-corrected chi connectivity index (χ0v) is 16.9. The topological polar surface area (TPSA) is 64.2 Å². The highest BCUT2D eigenvalue weighted by atomic mass is 32.2. The molecule has 0 N–H and O–H groups in total. The lowest BCUT2D eigenvalue weighted by molar-refractivity contribution is -0.0328. The summed E-state index contributed by atoms with van der Waals surface area (Å²) in [5.74, 6) is 0.349. The van der Waals surface area contributed by atoms with Crippen molar-refractivity contribution in [3.8, 4) is 11.3 Å².